The Morgan fingerprint density at radius 3 is 2.81 bits per heavy atom. The average Bonchev–Trinajstić information content (AvgIpc) is 3.22. The summed E-state index contributed by atoms with van der Waals surface area (Å²) in [7, 11) is 0. The Kier molecular flexibility index (Phi) is 5.36. The van der Waals surface area contributed by atoms with E-state index in [1.807, 2.05) is 27.7 Å². The molecule has 1 fully saturated rings. The molecule has 1 aliphatic heterocycles. The largest absolute Gasteiger partial charge is 0.352 e. The van der Waals surface area contributed by atoms with E-state index in [9.17, 15) is 9.59 Å². The van der Waals surface area contributed by atoms with Crippen LogP contribution in [0.25, 0.3) is 0 Å². The molecule has 1 N–H and O–H groups in total. The van der Waals surface area contributed by atoms with E-state index in [1.54, 1.807) is 4.90 Å². The molecule has 26 heavy (non-hydrogen) atoms. The third-order valence-corrected chi connectivity index (χ3v) is 5.86. The molecule has 1 saturated heterocycles. The smallest absolute Gasteiger partial charge is 0.229 e. The fourth-order valence-electron chi connectivity index (χ4n) is 2.95. The van der Waals surface area contributed by atoms with Crippen molar-refractivity contribution in [2.24, 2.45) is 5.92 Å². The Hall–Kier alpha value is -2.28. The van der Waals surface area contributed by atoms with Gasteiger partial charge in [0.2, 0.25) is 16.9 Å². The molecule has 138 valence electrons. The van der Waals surface area contributed by atoms with Crippen molar-refractivity contribution in [1.82, 2.24) is 15.5 Å². The fraction of sp³-hybridized carbons (Fsp3) is 0.474. The van der Waals surface area contributed by atoms with Gasteiger partial charge >= 0.3 is 0 Å². The van der Waals surface area contributed by atoms with Crippen molar-refractivity contribution < 1.29 is 9.59 Å². The van der Waals surface area contributed by atoms with Crippen molar-refractivity contribution >= 4 is 28.3 Å². The predicted molar refractivity (Wildman–Crippen MR) is 102 cm³/mol. The lowest BCUT2D eigenvalue weighted by Gasteiger charge is -2.13. The summed E-state index contributed by atoms with van der Waals surface area (Å²) in [5.41, 5.74) is 3.42. The highest BCUT2D eigenvalue weighted by atomic mass is 32.1. The molecule has 7 heteroatoms. The van der Waals surface area contributed by atoms with Gasteiger partial charge in [-0.25, -0.2) is 0 Å². The number of aryl methyl sites for hydroxylation is 2. The maximum Gasteiger partial charge on any atom is 0.229 e. The Labute approximate surface area is 157 Å². The third-order valence-electron chi connectivity index (χ3n) is 4.61. The van der Waals surface area contributed by atoms with E-state index in [-0.39, 0.29) is 30.1 Å². The molecule has 2 amide bonds. The average molecular weight is 372 g/mol. The minimum absolute atomic E-state index is 0.0663. The van der Waals surface area contributed by atoms with Crippen LogP contribution in [-0.4, -0.2) is 28.6 Å². The lowest BCUT2D eigenvalue weighted by molar-refractivity contribution is -0.126. The number of aromatic nitrogens is 2. The molecule has 6 nitrogen and oxygen atoms in total. The van der Waals surface area contributed by atoms with Crippen LogP contribution in [0.1, 0.15) is 47.9 Å². The fourth-order valence-corrected chi connectivity index (χ4v) is 3.83. The zero-order valence-electron chi connectivity index (χ0n) is 15.6. The summed E-state index contributed by atoms with van der Waals surface area (Å²) in [6.07, 6.45) is 0.217. The number of amides is 2. The Morgan fingerprint density at radius 2 is 2.12 bits per heavy atom. The normalized spacial score (nSPS) is 17.2. The van der Waals surface area contributed by atoms with Crippen molar-refractivity contribution in [2.75, 3.05) is 11.4 Å². The van der Waals surface area contributed by atoms with E-state index in [0.717, 1.165) is 16.1 Å². The van der Waals surface area contributed by atoms with Gasteiger partial charge in [-0.05, 0) is 25.0 Å². The van der Waals surface area contributed by atoms with E-state index >= 15 is 0 Å². The minimum atomic E-state index is -0.348. The van der Waals surface area contributed by atoms with Gasteiger partial charge in [0.25, 0.3) is 0 Å². The molecule has 3 rings (SSSR count). The first-order valence-corrected chi connectivity index (χ1v) is 9.64. The zero-order valence-corrected chi connectivity index (χ0v) is 16.4. The molecule has 1 atom stereocenters. The second kappa shape index (κ2) is 7.53. The molecular weight excluding hydrogens is 348 g/mol. The highest BCUT2D eigenvalue weighted by Crippen LogP contribution is 2.30. The predicted octanol–water partition coefficient (Wildman–Crippen LogP) is 2.95. The molecular formula is C19H24N4O2S. The highest BCUT2D eigenvalue weighted by Gasteiger charge is 2.36. The molecule has 1 aliphatic rings. The number of nitrogens with one attached hydrogen (secondary N) is 1. The maximum atomic E-state index is 12.5. The molecule has 0 bridgehead atoms. The van der Waals surface area contributed by atoms with Gasteiger partial charge in [-0.2, -0.15) is 0 Å². The van der Waals surface area contributed by atoms with Crippen LogP contribution in [0.2, 0.25) is 0 Å². The topological polar surface area (TPSA) is 75.2 Å². The second-order valence-corrected chi connectivity index (χ2v) is 8.12. The highest BCUT2D eigenvalue weighted by molar-refractivity contribution is 7.15. The molecule has 0 aliphatic carbocycles. The van der Waals surface area contributed by atoms with Crippen LogP contribution in [0.5, 0.6) is 0 Å². The van der Waals surface area contributed by atoms with Crippen molar-refractivity contribution in [1.29, 1.82) is 0 Å². The molecule has 0 spiro atoms. The number of benzene rings is 1. The van der Waals surface area contributed by atoms with Crippen molar-refractivity contribution in [3.8, 4) is 0 Å². The number of hydrogen-bond donors (Lipinski definition) is 1. The van der Waals surface area contributed by atoms with Gasteiger partial charge in [0.05, 0.1) is 5.92 Å². The van der Waals surface area contributed by atoms with Crippen LogP contribution in [0.4, 0.5) is 5.13 Å². The van der Waals surface area contributed by atoms with Crippen LogP contribution >= 0.6 is 11.3 Å². The molecule has 2 heterocycles. The van der Waals surface area contributed by atoms with E-state index < -0.39 is 0 Å². The number of carbonyl (C=O) groups excluding carboxylic acids is 2. The first-order valence-electron chi connectivity index (χ1n) is 8.82. The third kappa shape index (κ3) is 3.93. The van der Waals surface area contributed by atoms with Crippen LogP contribution in [0.3, 0.4) is 0 Å². The van der Waals surface area contributed by atoms with Crippen LogP contribution in [-0.2, 0) is 16.1 Å². The van der Waals surface area contributed by atoms with Gasteiger partial charge in [-0.1, -0.05) is 48.9 Å². The SMILES string of the molecule is Cc1ccc(C)c(CNC(=O)C2CC(=O)N(c3nnc(C(C)C)s3)C2)c1. The molecule has 1 aromatic heterocycles. The standard InChI is InChI=1S/C19H24N4O2S/c1-11(2)18-21-22-19(26-18)23-10-15(8-16(23)24)17(25)20-9-14-7-12(3)5-6-13(14)4/h5-7,11,15H,8-10H2,1-4H3,(H,20,25). The molecule has 1 aromatic carbocycles. The van der Waals surface area contributed by atoms with Crippen molar-refractivity contribution in [3.05, 3.63) is 39.9 Å². The van der Waals surface area contributed by atoms with E-state index in [2.05, 4.69) is 33.7 Å². The molecule has 0 radical (unpaired) electrons. The Bertz CT molecular complexity index is 831. The van der Waals surface area contributed by atoms with E-state index in [1.165, 1.54) is 16.9 Å². The Morgan fingerprint density at radius 1 is 1.35 bits per heavy atom. The molecule has 1 unspecified atom stereocenters. The van der Waals surface area contributed by atoms with E-state index in [0.29, 0.717) is 18.2 Å². The quantitative estimate of drug-likeness (QED) is 0.876. The summed E-state index contributed by atoms with van der Waals surface area (Å²) in [6, 6.07) is 6.19. The van der Waals surface area contributed by atoms with Crippen LogP contribution < -0.4 is 10.2 Å². The van der Waals surface area contributed by atoms with Gasteiger partial charge < -0.3 is 5.32 Å². The second-order valence-electron chi connectivity index (χ2n) is 7.13. The van der Waals surface area contributed by atoms with Crippen molar-refractivity contribution in [3.63, 3.8) is 0 Å². The molecule has 2 aromatic rings. The van der Waals surface area contributed by atoms with Gasteiger partial charge in [-0.3, -0.25) is 14.5 Å². The van der Waals surface area contributed by atoms with Gasteiger partial charge in [0.1, 0.15) is 5.01 Å². The number of carbonyl (C=O) groups is 2. The summed E-state index contributed by atoms with van der Waals surface area (Å²) < 4.78 is 0. The minimum Gasteiger partial charge on any atom is -0.352 e. The lowest BCUT2D eigenvalue weighted by Crippen LogP contribution is -2.32. The summed E-state index contributed by atoms with van der Waals surface area (Å²) in [5.74, 6) is -0.228. The molecule has 0 saturated carbocycles. The monoisotopic (exact) mass is 372 g/mol. The van der Waals surface area contributed by atoms with Crippen LogP contribution in [0.15, 0.2) is 18.2 Å². The number of rotatable bonds is 5. The first-order chi connectivity index (χ1) is 12.3. The maximum absolute atomic E-state index is 12.5. The lowest BCUT2D eigenvalue weighted by atomic mass is 10.0. The zero-order chi connectivity index (χ0) is 18.8. The van der Waals surface area contributed by atoms with Crippen molar-refractivity contribution in [2.45, 2.75) is 46.6 Å². The summed E-state index contributed by atoms with van der Waals surface area (Å²) >= 11 is 1.42. The van der Waals surface area contributed by atoms with Gasteiger partial charge in [0, 0.05) is 25.4 Å². The number of nitrogens with zero attached hydrogens (tertiary/aromatic N) is 3. The van der Waals surface area contributed by atoms with Gasteiger partial charge in [-0.15, -0.1) is 10.2 Å². The summed E-state index contributed by atoms with van der Waals surface area (Å²) in [4.78, 5) is 26.4. The Balaban J connectivity index is 1.62. The first kappa shape index (κ1) is 18.5. The van der Waals surface area contributed by atoms with Gasteiger partial charge in [0.15, 0.2) is 0 Å². The summed E-state index contributed by atoms with van der Waals surface area (Å²) in [5, 5.41) is 12.7. The van der Waals surface area contributed by atoms with Crippen LogP contribution in [0, 0.1) is 19.8 Å². The number of anilines is 1. The number of hydrogen-bond acceptors (Lipinski definition) is 5. The van der Waals surface area contributed by atoms with E-state index in [4.69, 9.17) is 0 Å². The summed E-state index contributed by atoms with van der Waals surface area (Å²) in [6.45, 7) is 8.99.